The number of anilines is 1. The molecule has 0 aliphatic carbocycles. The van der Waals surface area contributed by atoms with Crippen LogP contribution in [-0.4, -0.2) is 47.5 Å². The highest BCUT2D eigenvalue weighted by atomic mass is 19.4. The quantitative estimate of drug-likeness (QED) is 0.550. The molecule has 1 saturated heterocycles. The van der Waals surface area contributed by atoms with Crippen molar-refractivity contribution in [3.05, 3.63) is 47.3 Å². The van der Waals surface area contributed by atoms with Crippen molar-refractivity contribution in [3.63, 3.8) is 0 Å². The fourth-order valence-corrected chi connectivity index (χ4v) is 3.78. The molecular formula is C24H29F3N4O3. The van der Waals surface area contributed by atoms with Crippen LogP contribution < -0.4 is 15.0 Å². The number of piperidine rings is 1. The highest BCUT2D eigenvalue weighted by Gasteiger charge is 2.29. The number of hydrogen-bond donors (Lipinski definition) is 1. The van der Waals surface area contributed by atoms with E-state index in [0.717, 1.165) is 38.8 Å². The molecule has 0 radical (unpaired) electrons. The van der Waals surface area contributed by atoms with Crippen LogP contribution in [0.25, 0.3) is 0 Å². The number of carbonyl (C=O) groups is 2. The molecule has 0 saturated carbocycles. The van der Waals surface area contributed by atoms with E-state index in [9.17, 15) is 22.8 Å². The first-order valence-electron chi connectivity index (χ1n) is 11.4. The Morgan fingerprint density at radius 2 is 1.91 bits per heavy atom. The summed E-state index contributed by atoms with van der Waals surface area (Å²) in [5.74, 6) is 0.134. The maximum Gasteiger partial charge on any atom is 0.422 e. The zero-order valence-corrected chi connectivity index (χ0v) is 19.2. The summed E-state index contributed by atoms with van der Waals surface area (Å²) in [5.41, 5.74) is 1.60. The third-order valence-electron chi connectivity index (χ3n) is 5.39. The Morgan fingerprint density at radius 1 is 1.15 bits per heavy atom. The van der Waals surface area contributed by atoms with E-state index in [2.05, 4.69) is 15.3 Å². The molecule has 1 fully saturated rings. The van der Waals surface area contributed by atoms with Gasteiger partial charge in [0.25, 0.3) is 5.91 Å². The zero-order chi connectivity index (χ0) is 24.6. The van der Waals surface area contributed by atoms with E-state index in [1.54, 1.807) is 18.2 Å². The summed E-state index contributed by atoms with van der Waals surface area (Å²) in [6.45, 7) is 2.12. The molecule has 0 aromatic carbocycles. The van der Waals surface area contributed by atoms with Crippen LogP contribution in [0.3, 0.4) is 0 Å². The molecule has 1 amide bonds. The average Bonchev–Trinajstić information content (AvgIpc) is 2.82. The van der Waals surface area contributed by atoms with Crippen LogP contribution in [0.4, 0.5) is 19.0 Å². The van der Waals surface area contributed by atoms with Gasteiger partial charge < -0.3 is 15.0 Å². The number of halogens is 3. The van der Waals surface area contributed by atoms with Gasteiger partial charge in [-0.25, -0.2) is 0 Å². The molecule has 2 aromatic heterocycles. The minimum atomic E-state index is -4.45. The van der Waals surface area contributed by atoms with Crippen molar-refractivity contribution in [2.45, 2.75) is 58.2 Å². The summed E-state index contributed by atoms with van der Waals surface area (Å²) in [7, 11) is 0. The van der Waals surface area contributed by atoms with E-state index in [1.165, 1.54) is 12.3 Å². The Morgan fingerprint density at radius 3 is 2.62 bits per heavy atom. The minimum absolute atomic E-state index is 0.0673. The molecule has 0 bridgehead atoms. The SMILES string of the molecule is CCCC(=O)Cc1cc(C(=O)NCc2ccc(OCC(F)(F)F)nc2N2CCCCC2)ccn1. The van der Waals surface area contributed by atoms with Gasteiger partial charge in [0.15, 0.2) is 6.61 Å². The van der Waals surface area contributed by atoms with Crippen LogP contribution >= 0.6 is 0 Å². The molecule has 10 heteroatoms. The number of hydrogen-bond acceptors (Lipinski definition) is 6. The molecule has 1 aliphatic heterocycles. The monoisotopic (exact) mass is 478 g/mol. The number of pyridine rings is 2. The number of nitrogens with zero attached hydrogens (tertiary/aromatic N) is 3. The van der Waals surface area contributed by atoms with Crippen molar-refractivity contribution in [1.29, 1.82) is 0 Å². The van der Waals surface area contributed by atoms with Crippen LogP contribution in [-0.2, 0) is 17.8 Å². The minimum Gasteiger partial charge on any atom is -0.468 e. The Kier molecular flexibility index (Phi) is 8.84. The first-order valence-corrected chi connectivity index (χ1v) is 11.4. The van der Waals surface area contributed by atoms with Crippen LogP contribution in [0.1, 0.15) is 60.6 Å². The predicted octanol–water partition coefficient (Wildman–Crippen LogP) is 4.25. The second-order valence-corrected chi connectivity index (χ2v) is 8.27. The average molecular weight is 479 g/mol. The van der Waals surface area contributed by atoms with Crippen molar-refractivity contribution < 1.29 is 27.5 Å². The van der Waals surface area contributed by atoms with Crippen LogP contribution in [0.15, 0.2) is 30.5 Å². The van der Waals surface area contributed by atoms with E-state index >= 15 is 0 Å². The molecular weight excluding hydrogens is 449 g/mol. The number of ether oxygens (including phenoxy) is 1. The molecule has 1 aliphatic rings. The second kappa shape index (κ2) is 11.8. The lowest BCUT2D eigenvalue weighted by molar-refractivity contribution is -0.154. The summed E-state index contributed by atoms with van der Waals surface area (Å²) < 4.78 is 42.5. The normalized spacial score (nSPS) is 14.1. The van der Waals surface area contributed by atoms with Gasteiger partial charge in [-0.05, 0) is 43.9 Å². The number of alkyl halides is 3. The Balaban J connectivity index is 1.71. The Hall–Kier alpha value is -3.17. The molecule has 2 aromatic rings. The standard InChI is InChI=1S/C24H29F3N4O3/c1-2-6-20(32)14-19-13-17(9-10-28-19)23(33)29-15-18-7-8-21(34-16-24(25,26)27)30-22(18)31-11-4-3-5-12-31/h7-10,13H,2-6,11-12,14-16H2,1H3,(H,29,33). The van der Waals surface area contributed by atoms with Gasteiger partial charge in [0.1, 0.15) is 11.6 Å². The summed E-state index contributed by atoms with van der Waals surface area (Å²) >= 11 is 0. The van der Waals surface area contributed by atoms with Crippen LogP contribution in [0.5, 0.6) is 5.88 Å². The smallest absolute Gasteiger partial charge is 0.422 e. The number of ketones is 1. The lowest BCUT2D eigenvalue weighted by Crippen LogP contribution is -2.32. The van der Waals surface area contributed by atoms with Gasteiger partial charge >= 0.3 is 6.18 Å². The number of nitrogens with one attached hydrogen (secondary N) is 1. The maximum atomic E-state index is 12.7. The molecule has 184 valence electrons. The van der Waals surface area contributed by atoms with Crippen molar-refractivity contribution in [2.24, 2.45) is 0 Å². The predicted molar refractivity (Wildman–Crippen MR) is 121 cm³/mol. The zero-order valence-electron chi connectivity index (χ0n) is 19.2. The molecule has 0 unspecified atom stereocenters. The number of rotatable bonds is 10. The molecule has 7 nitrogen and oxygen atoms in total. The maximum absolute atomic E-state index is 12.7. The largest absolute Gasteiger partial charge is 0.468 e. The topological polar surface area (TPSA) is 84.4 Å². The molecule has 0 spiro atoms. The number of amides is 1. The number of aromatic nitrogens is 2. The molecule has 1 N–H and O–H groups in total. The van der Waals surface area contributed by atoms with E-state index in [-0.39, 0.29) is 30.5 Å². The summed E-state index contributed by atoms with van der Waals surface area (Å²) in [6.07, 6.45) is 1.44. The van der Waals surface area contributed by atoms with Gasteiger partial charge in [0.05, 0.1) is 0 Å². The van der Waals surface area contributed by atoms with Gasteiger partial charge in [0, 0.05) is 61.6 Å². The number of Topliss-reactive ketones (excluding diaryl/α,β-unsaturated/α-hetero) is 1. The number of carbonyl (C=O) groups excluding carboxylic acids is 2. The van der Waals surface area contributed by atoms with Gasteiger partial charge in [0.2, 0.25) is 5.88 Å². The van der Waals surface area contributed by atoms with Crippen molar-refractivity contribution in [3.8, 4) is 5.88 Å². The van der Waals surface area contributed by atoms with Gasteiger partial charge in [-0.1, -0.05) is 6.92 Å². The lowest BCUT2D eigenvalue weighted by atomic mass is 10.1. The van der Waals surface area contributed by atoms with Crippen molar-refractivity contribution in [1.82, 2.24) is 15.3 Å². The van der Waals surface area contributed by atoms with Gasteiger partial charge in [-0.2, -0.15) is 18.2 Å². The van der Waals surface area contributed by atoms with Gasteiger partial charge in [-0.15, -0.1) is 0 Å². The fourth-order valence-electron chi connectivity index (χ4n) is 3.78. The fraction of sp³-hybridized carbons (Fsp3) is 0.500. The third kappa shape index (κ3) is 7.71. The highest BCUT2D eigenvalue weighted by molar-refractivity contribution is 5.94. The van der Waals surface area contributed by atoms with Crippen molar-refractivity contribution >= 4 is 17.5 Å². The van der Waals surface area contributed by atoms with Crippen molar-refractivity contribution in [2.75, 3.05) is 24.6 Å². The molecule has 34 heavy (non-hydrogen) atoms. The highest BCUT2D eigenvalue weighted by Crippen LogP contribution is 2.26. The Labute approximate surface area is 196 Å². The van der Waals surface area contributed by atoms with E-state index < -0.39 is 12.8 Å². The Bertz CT molecular complexity index is 992. The molecule has 0 atom stereocenters. The third-order valence-corrected chi connectivity index (χ3v) is 5.39. The van der Waals surface area contributed by atoms with Crippen LogP contribution in [0.2, 0.25) is 0 Å². The molecule has 3 rings (SSSR count). The summed E-state index contributed by atoms with van der Waals surface area (Å²) in [4.78, 5) is 35.1. The molecule has 3 heterocycles. The van der Waals surface area contributed by atoms with E-state index in [1.807, 2.05) is 11.8 Å². The van der Waals surface area contributed by atoms with E-state index in [4.69, 9.17) is 4.74 Å². The van der Waals surface area contributed by atoms with E-state index in [0.29, 0.717) is 29.1 Å². The second-order valence-electron chi connectivity index (χ2n) is 8.27. The lowest BCUT2D eigenvalue weighted by Gasteiger charge is -2.29. The first-order chi connectivity index (χ1) is 16.2. The van der Waals surface area contributed by atoms with Gasteiger partial charge in [-0.3, -0.25) is 14.6 Å². The summed E-state index contributed by atoms with van der Waals surface area (Å²) in [5, 5.41) is 2.84. The first kappa shape index (κ1) is 25.5. The summed E-state index contributed by atoms with van der Waals surface area (Å²) in [6, 6.07) is 6.18. The van der Waals surface area contributed by atoms with Crippen LogP contribution in [0, 0.1) is 0 Å².